The van der Waals surface area contributed by atoms with Crippen molar-refractivity contribution >= 4 is 44.7 Å². The summed E-state index contributed by atoms with van der Waals surface area (Å²) in [6, 6.07) is 8.21. The Labute approximate surface area is 204 Å². The molecule has 0 bridgehead atoms. The second-order valence-electron chi connectivity index (χ2n) is 8.28. The number of nitrogens with two attached hydrogens (primary N) is 1. The summed E-state index contributed by atoms with van der Waals surface area (Å²) >= 11 is 10.0. The molecular formula is C23H22BrClFN7. The van der Waals surface area contributed by atoms with E-state index < -0.39 is 5.54 Å². The van der Waals surface area contributed by atoms with Crippen LogP contribution in [0.15, 0.2) is 59.6 Å². The molecule has 1 saturated heterocycles. The minimum Gasteiger partial charge on any atom is -0.365 e. The number of aromatic nitrogens is 4. The van der Waals surface area contributed by atoms with Crippen molar-refractivity contribution in [3.63, 3.8) is 0 Å². The van der Waals surface area contributed by atoms with Crippen LogP contribution in [0.5, 0.6) is 0 Å². The lowest BCUT2D eigenvalue weighted by molar-refractivity contribution is 0.585. The van der Waals surface area contributed by atoms with Gasteiger partial charge in [-0.3, -0.25) is 0 Å². The zero-order chi connectivity index (χ0) is 23.2. The maximum Gasteiger partial charge on any atom is 0.225 e. The minimum atomic E-state index is -0.820. The van der Waals surface area contributed by atoms with Gasteiger partial charge in [0.05, 0.1) is 28.0 Å². The molecule has 1 aliphatic heterocycles. The lowest BCUT2D eigenvalue weighted by Crippen LogP contribution is -2.47. The van der Waals surface area contributed by atoms with Gasteiger partial charge in [-0.1, -0.05) is 23.7 Å². The summed E-state index contributed by atoms with van der Waals surface area (Å²) in [5.74, 6) is 0.364. The van der Waals surface area contributed by atoms with Crippen molar-refractivity contribution in [2.45, 2.75) is 12.5 Å². The Morgan fingerprint density at radius 1 is 1.00 bits per heavy atom. The van der Waals surface area contributed by atoms with Crippen LogP contribution in [0.25, 0.3) is 5.52 Å². The Morgan fingerprint density at radius 2 is 1.64 bits per heavy atom. The third-order valence-electron chi connectivity index (χ3n) is 6.09. The van der Waals surface area contributed by atoms with E-state index in [0.717, 1.165) is 53.0 Å². The fourth-order valence-corrected chi connectivity index (χ4v) is 4.82. The van der Waals surface area contributed by atoms with Crippen LogP contribution < -0.4 is 15.5 Å². The molecule has 4 heterocycles. The van der Waals surface area contributed by atoms with Crippen molar-refractivity contribution in [2.24, 2.45) is 5.73 Å². The lowest BCUT2D eigenvalue weighted by Gasteiger charge is -2.36. The standard InChI is InChI=1S/C23H22BrClFN7/c1-23(27,15-2-4-18(26)5-3-15)16-11-28-22(29-12-16)32-8-6-31(7-9-32)21-19(25)13-30-33-14-17(24)10-20(21)33/h2-5,10-14H,6-9,27H2,1H3. The molecule has 0 radical (unpaired) electrons. The first-order valence-corrected chi connectivity index (χ1v) is 11.7. The van der Waals surface area contributed by atoms with Crippen LogP contribution in [0.2, 0.25) is 5.02 Å². The highest BCUT2D eigenvalue weighted by Gasteiger charge is 2.27. The molecule has 0 saturated carbocycles. The molecule has 0 spiro atoms. The van der Waals surface area contributed by atoms with Gasteiger partial charge in [-0.25, -0.2) is 18.9 Å². The zero-order valence-electron chi connectivity index (χ0n) is 17.9. The zero-order valence-corrected chi connectivity index (χ0v) is 20.3. The molecule has 1 unspecified atom stereocenters. The molecule has 1 fully saturated rings. The van der Waals surface area contributed by atoms with Crippen LogP contribution in [-0.2, 0) is 5.54 Å². The highest BCUT2D eigenvalue weighted by molar-refractivity contribution is 9.10. The monoisotopic (exact) mass is 529 g/mol. The van der Waals surface area contributed by atoms with Gasteiger partial charge in [-0.15, -0.1) is 0 Å². The van der Waals surface area contributed by atoms with Crippen LogP contribution in [0, 0.1) is 5.82 Å². The number of fused-ring (bicyclic) bond motifs is 1. The van der Waals surface area contributed by atoms with Crippen LogP contribution in [-0.4, -0.2) is 45.8 Å². The average molecular weight is 531 g/mol. The first-order chi connectivity index (χ1) is 15.8. The van der Waals surface area contributed by atoms with E-state index in [2.05, 4.69) is 40.8 Å². The van der Waals surface area contributed by atoms with E-state index in [1.165, 1.54) is 12.1 Å². The molecule has 2 N–H and O–H groups in total. The van der Waals surface area contributed by atoms with Crippen LogP contribution in [0.1, 0.15) is 18.1 Å². The molecule has 0 amide bonds. The maximum atomic E-state index is 13.3. The number of rotatable bonds is 4. The first kappa shape index (κ1) is 22.1. The molecule has 7 nitrogen and oxygen atoms in total. The smallest absolute Gasteiger partial charge is 0.225 e. The third-order valence-corrected chi connectivity index (χ3v) is 6.80. The van der Waals surface area contributed by atoms with Gasteiger partial charge >= 0.3 is 0 Å². The summed E-state index contributed by atoms with van der Waals surface area (Å²) in [4.78, 5) is 13.6. The molecule has 5 rings (SSSR count). The Bertz CT molecular complexity index is 1280. The summed E-state index contributed by atoms with van der Waals surface area (Å²) in [5.41, 5.74) is 9.22. The Balaban J connectivity index is 1.31. The number of hydrogen-bond donors (Lipinski definition) is 1. The molecule has 3 aromatic heterocycles. The number of benzene rings is 1. The van der Waals surface area contributed by atoms with Gasteiger partial charge in [0.2, 0.25) is 5.95 Å². The second-order valence-corrected chi connectivity index (χ2v) is 9.61. The molecule has 0 aliphatic carbocycles. The number of anilines is 2. The lowest BCUT2D eigenvalue weighted by atomic mass is 9.87. The summed E-state index contributed by atoms with van der Waals surface area (Å²) in [6.45, 7) is 4.93. The predicted molar refractivity (Wildman–Crippen MR) is 131 cm³/mol. The number of halogens is 3. The Morgan fingerprint density at radius 3 is 2.30 bits per heavy atom. The van der Waals surface area contributed by atoms with Crippen molar-refractivity contribution in [2.75, 3.05) is 36.0 Å². The van der Waals surface area contributed by atoms with Gasteiger partial charge < -0.3 is 15.5 Å². The van der Waals surface area contributed by atoms with Crippen molar-refractivity contribution in [3.8, 4) is 0 Å². The summed E-state index contributed by atoms with van der Waals surface area (Å²) in [5, 5.41) is 4.97. The van der Waals surface area contributed by atoms with Crippen LogP contribution >= 0.6 is 27.5 Å². The highest BCUT2D eigenvalue weighted by atomic mass is 79.9. The predicted octanol–water partition coefficient (Wildman–Crippen LogP) is 4.23. The Kier molecular flexibility index (Phi) is 5.72. The number of nitrogens with zero attached hydrogens (tertiary/aromatic N) is 6. The molecule has 1 aromatic carbocycles. The fourth-order valence-electron chi connectivity index (χ4n) is 4.15. The number of piperazine rings is 1. The van der Waals surface area contributed by atoms with Crippen LogP contribution in [0.4, 0.5) is 16.0 Å². The van der Waals surface area contributed by atoms with Crippen molar-refractivity contribution in [3.05, 3.63) is 81.6 Å². The SMILES string of the molecule is CC(N)(c1ccc(F)cc1)c1cnc(N2CCN(c3c(Cl)cnn4cc(Br)cc34)CC2)nc1. The van der Waals surface area contributed by atoms with Gasteiger partial charge in [0, 0.05) is 54.8 Å². The Hall–Kier alpha value is -2.75. The molecule has 1 aliphatic rings. The fraction of sp³-hybridized carbons (Fsp3) is 0.261. The molecule has 10 heteroatoms. The van der Waals surface area contributed by atoms with Gasteiger partial charge in [-0.05, 0) is 46.6 Å². The number of hydrogen-bond acceptors (Lipinski definition) is 6. The van der Waals surface area contributed by atoms with E-state index in [4.69, 9.17) is 17.3 Å². The van der Waals surface area contributed by atoms with Crippen LogP contribution in [0.3, 0.4) is 0 Å². The third kappa shape index (κ3) is 4.16. The van der Waals surface area contributed by atoms with E-state index >= 15 is 0 Å². The van der Waals surface area contributed by atoms with E-state index in [-0.39, 0.29) is 5.82 Å². The van der Waals surface area contributed by atoms with E-state index in [9.17, 15) is 4.39 Å². The normalized spacial score (nSPS) is 16.3. The molecule has 4 aromatic rings. The molecule has 1 atom stereocenters. The van der Waals surface area contributed by atoms with Gasteiger partial charge in [0.1, 0.15) is 5.82 Å². The topological polar surface area (TPSA) is 75.6 Å². The average Bonchev–Trinajstić information content (AvgIpc) is 3.20. The van der Waals surface area contributed by atoms with E-state index in [1.54, 1.807) is 30.7 Å². The molecule has 170 valence electrons. The second kappa shape index (κ2) is 8.55. The first-order valence-electron chi connectivity index (χ1n) is 10.5. The van der Waals surface area contributed by atoms with Gasteiger partial charge in [-0.2, -0.15) is 5.10 Å². The van der Waals surface area contributed by atoms with Gasteiger partial charge in [0.15, 0.2) is 0 Å². The van der Waals surface area contributed by atoms with E-state index in [0.29, 0.717) is 11.0 Å². The quantitative estimate of drug-likeness (QED) is 0.426. The molecular weight excluding hydrogens is 509 g/mol. The summed E-state index contributed by atoms with van der Waals surface area (Å²) in [6.07, 6.45) is 7.09. The van der Waals surface area contributed by atoms with E-state index in [1.807, 2.05) is 23.7 Å². The maximum absolute atomic E-state index is 13.3. The summed E-state index contributed by atoms with van der Waals surface area (Å²) in [7, 11) is 0. The van der Waals surface area contributed by atoms with Crippen molar-refractivity contribution < 1.29 is 4.39 Å². The van der Waals surface area contributed by atoms with Crippen molar-refractivity contribution in [1.82, 2.24) is 19.6 Å². The highest BCUT2D eigenvalue weighted by Crippen LogP contribution is 2.33. The summed E-state index contributed by atoms with van der Waals surface area (Å²) < 4.78 is 16.1. The largest absolute Gasteiger partial charge is 0.365 e. The minimum absolute atomic E-state index is 0.293. The van der Waals surface area contributed by atoms with Crippen molar-refractivity contribution in [1.29, 1.82) is 0 Å². The van der Waals surface area contributed by atoms with Gasteiger partial charge in [0.25, 0.3) is 0 Å². The molecule has 33 heavy (non-hydrogen) atoms.